The molecule has 0 saturated carbocycles. The van der Waals surface area contributed by atoms with Crippen LogP contribution in [0, 0.1) is 11.3 Å². The third-order valence-electron chi connectivity index (χ3n) is 4.44. The van der Waals surface area contributed by atoms with Gasteiger partial charge in [-0.05, 0) is 19.1 Å². The Kier molecular flexibility index (Phi) is 5.42. The van der Waals surface area contributed by atoms with Gasteiger partial charge in [0, 0.05) is 33.2 Å². The number of anilines is 1. The maximum Gasteiger partial charge on any atom is 0.321 e. The van der Waals surface area contributed by atoms with Crippen molar-refractivity contribution in [2.24, 2.45) is 0 Å². The minimum Gasteiger partial charge on any atom is -0.459 e. The Morgan fingerprint density at radius 1 is 1.33 bits per heavy atom. The number of hydrogen-bond acceptors (Lipinski definition) is 8. The van der Waals surface area contributed by atoms with Gasteiger partial charge in [-0.15, -0.1) is 0 Å². The molecule has 1 atom stereocenters. The molecule has 0 aromatic carbocycles. The molecule has 0 radical (unpaired) electrons. The molecule has 10 nitrogen and oxygen atoms in total. The third-order valence-corrected chi connectivity index (χ3v) is 4.44. The van der Waals surface area contributed by atoms with Crippen molar-refractivity contribution in [3.63, 3.8) is 0 Å². The standard InChI is InChI=1S/C17H20N6O4/c1-11(14(24)21-17(25)19-2)22-5-7-23(8-6-22)16-12(10-18)20-15(27-16)13-4-3-9-26-13/h3-4,9,11H,5-8H2,1-2H3,(H2,19,21,24,25)/t11-/m0/s1. The fourth-order valence-corrected chi connectivity index (χ4v) is 2.86. The lowest BCUT2D eigenvalue weighted by Crippen LogP contribution is -2.55. The molecule has 3 heterocycles. The molecular weight excluding hydrogens is 352 g/mol. The number of aromatic nitrogens is 1. The molecule has 1 aliphatic rings. The van der Waals surface area contributed by atoms with Crippen molar-refractivity contribution in [3.8, 4) is 17.7 Å². The minimum atomic E-state index is -0.531. The molecule has 1 fully saturated rings. The maximum atomic E-state index is 12.1. The first kappa shape index (κ1) is 18.5. The lowest BCUT2D eigenvalue weighted by molar-refractivity contribution is -0.124. The van der Waals surface area contributed by atoms with Crippen molar-refractivity contribution >= 4 is 17.8 Å². The van der Waals surface area contributed by atoms with E-state index in [9.17, 15) is 14.9 Å². The first-order chi connectivity index (χ1) is 13.0. The summed E-state index contributed by atoms with van der Waals surface area (Å²) in [6.07, 6.45) is 1.51. The summed E-state index contributed by atoms with van der Waals surface area (Å²) >= 11 is 0. The van der Waals surface area contributed by atoms with Gasteiger partial charge in [0.15, 0.2) is 5.76 Å². The van der Waals surface area contributed by atoms with E-state index in [4.69, 9.17) is 8.83 Å². The monoisotopic (exact) mass is 372 g/mol. The molecule has 10 heteroatoms. The second-order valence-corrected chi connectivity index (χ2v) is 6.03. The zero-order valence-corrected chi connectivity index (χ0v) is 15.1. The number of nitrogens with zero attached hydrogens (tertiary/aromatic N) is 4. The van der Waals surface area contributed by atoms with Crippen LogP contribution in [0.5, 0.6) is 0 Å². The fourth-order valence-electron chi connectivity index (χ4n) is 2.86. The minimum absolute atomic E-state index is 0.195. The number of urea groups is 1. The van der Waals surface area contributed by atoms with E-state index in [0.717, 1.165) is 0 Å². The summed E-state index contributed by atoms with van der Waals surface area (Å²) in [5, 5.41) is 14.0. The van der Waals surface area contributed by atoms with Gasteiger partial charge in [-0.25, -0.2) is 4.79 Å². The molecule has 0 bridgehead atoms. The molecule has 1 aliphatic heterocycles. The van der Waals surface area contributed by atoms with Gasteiger partial charge in [-0.3, -0.25) is 15.0 Å². The Balaban J connectivity index is 1.65. The Morgan fingerprint density at radius 2 is 2.07 bits per heavy atom. The van der Waals surface area contributed by atoms with E-state index in [2.05, 4.69) is 15.6 Å². The van der Waals surface area contributed by atoms with E-state index >= 15 is 0 Å². The van der Waals surface area contributed by atoms with Crippen LogP contribution in [0.4, 0.5) is 10.7 Å². The summed E-state index contributed by atoms with van der Waals surface area (Å²) in [5.74, 6) is 0.745. The van der Waals surface area contributed by atoms with E-state index in [-0.39, 0.29) is 17.5 Å². The second-order valence-electron chi connectivity index (χ2n) is 6.03. The highest BCUT2D eigenvalue weighted by Crippen LogP contribution is 2.29. The summed E-state index contributed by atoms with van der Waals surface area (Å²) in [5.41, 5.74) is 0.195. The predicted molar refractivity (Wildman–Crippen MR) is 94.8 cm³/mol. The largest absolute Gasteiger partial charge is 0.459 e. The fraction of sp³-hybridized carbons (Fsp3) is 0.412. The first-order valence-electron chi connectivity index (χ1n) is 8.50. The quantitative estimate of drug-likeness (QED) is 0.806. The smallest absolute Gasteiger partial charge is 0.321 e. The zero-order valence-electron chi connectivity index (χ0n) is 15.1. The molecule has 27 heavy (non-hydrogen) atoms. The molecule has 0 unspecified atom stereocenters. The van der Waals surface area contributed by atoms with Crippen molar-refractivity contribution in [2.45, 2.75) is 13.0 Å². The Morgan fingerprint density at radius 3 is 2.67 bits per heavy atom. The maximum absolute atomic E-state index is 12.1. The summed E-state index contributed by atoms with van der Waals surface area (Å²) < 4.78 is 11.0. The van der Waals surface area contributed by atoms with Gasteiger partial charge in [0.25, 0.3) is 5.89 Å². The molecule has 2 aromatic rings. The van der Waals surface area contributed by atoms with Gasteiger partial charge in [0.2, 0.25) is 17.5 Å². The van der Waals surface area contributed by atoms with Crippen LogP contribution >= 0.6 is 0 Å². The third kappa shape index (κ3) is 3.93. The van der Waals surface area contributed by atoms with Crippen molar-refractivity contribution in [3.05, 3.63) is 24.1 Å². The van der Waals surface area contributed by atoms with E-state index in [1.807, 2.05) is 15.9 Å². The highest BCUT2D eigenvalue weighted by molar-refractivity contribution is 5.96. The van der Waals surface area contributed by atoms with Gasteiger partial charge in [-0.2, -0.15) is 10.2 Å². The van der Waals surface area contributed by atoms with Crippen LogP contribution in [0.15, 0.2) is 27.2 Å². The number of carbonyl (C=O) groups excluding carboxylic acids is 2. The molecular formula is C17H20N6O4. The average molecular weight is 372 g/mol. The van der Waals surface area contributed by atoms with Gasteiger partial charge < -0.3 is 19.1 Å². The van der Waals surface area contributed by atoms with Crippen molar-refractivity contribution in [1.29, 1.82) is 5.26 Å². The van der Waals surface area contributed by atoms with Crippen molar-refractivity contribution in [1.82, 2.24) is 20.5 Å². The van der Waals surface area contributed by atoms with E-state index < -0.39 is 12.1 Å². The first-order valence-corrected chi connectivity index (χ1v) is 8.50. The number of nitrogens with one attached hydrogen (secondary N) is 2. The Labute approximate surface area is 155 Å². The molecule has 142 valence electrons. The summed E-state index contributed by atoms with van der Waals surface area (Å²) in [7, 11) is 1.45. The molecule has 3 rings (SSSR count). The Hall–Kier alpha value is -3.32. The van der Waals surface area contributed by atoms with Crippen LogP contribution in [0.25, 0.3) is 11.7 Å². The van der Waals surface area contributed by atoms with Crippen LogP contribution in [-0.2, 0) is 4.79 Å². The van der Waals surface area contributed by atoms with E-state index in [1.54, 1.807) is 19.1 Å². The Bertz CT molecular complexity index is 845. The number of imide groups is 1. The number of rotatable bonds is 4. The molecule has 3 amide bonds. The lowest BCUT2D eigenvalue weighted by Gasteiger charge is -2.37. The number of nitriles is 1. The van der Waals surface area contributed by atoms with E-state index in [0.29, 0.717) is 37.8 Å². The van der Waals surface area contributed by atoms with Crippen LogP contribution < -0.4 is 15.5 Å². The number of piperazine rings is 1. The van der Waals surface area contributed by atoms with Crippen LogP contribution in [-0.4, -0.2) is 61.1 Å². The molecule has 0 spiro atoms. The average Bonchev–Trinajstić information content (AvgIpc) is 3.36. The number of carbonyl (C=O) groups is 2. The SMILES string of the molecule is CNC(=O)NC(=O)[C@H](C)N1CCN(c2oc(-c3ccco3)nc2C#N)CC1. The zero-order chi connectivity index (χ0) is 19.4. The van der Waals surface area contributed by atoms with Gasteiger partial charge in [0.05, 0.1) is 12.3 Å². The molecule has 1 saturated heterocycles. The molecule has 0 aliphatic carbocycles. The number of oxazole rings is 1. The molecule has 2 aromatic heterocycles. The predicted octanol–water partition coefficient (Wildman–Crippen LogP) is 0.772. The second kappa shape index (κ2) is 7.92. The highest BCUT2D eigenvalue weighted by atomic mass is 16.4. The van der Waals surface area contributed by atoms with Crippen molar-refractivity contribution in [2.75, 3.05) is 38.1 Å². The summed E-state index contributed by atoms with van der Waals surface area (Å²) in [6.45, 7) is 4.00. The molecule has 2 N–H and O–H groups in total. The van der Waals surface area contributed by atoms with E-state index in [1.165, 1.54) is 13.3 Å². The number of amides is 3. The summed E-state index contributed by atoms with van der Waals surface area (Å²) in [6, 6.07) is 4.49. The van der Waals surface area contributed by atoms with Crippen LogP contribution in [0.3, 0.4) is 0 Å². The van der Waals surface area contributed by atoms with Crippen molar-refractivity contribution < 1.29 is 18.4 Å². The van der Waals surface area contributed by atoms with Crippen LogP contribution in [0.2, 0.25) is 0 Å². The highest BCUT2D eigenvalue weighted by Gasteiger charge is 2.29. The lowest BCUT2D eigenvalue weighted by atomic mass is 10.2. The number of hydrogen-bond donors (Lipinski definition) is 2. The topological polar surface area (TPSA) is 128 Å². The summed E-state index contributed by atoms with van der Waals surface area (Å²) in [4.78, 5) is 31.4. The van der Waals surface area contributed by atoms with Gasteiger partial charge in [-0.1, -0.05) is 0 Å². The number of furan rings is 1. The van der Waals surface area contributed by atoms with Crippen LogP contribution in [0.1, 0.15) is 12.6 Å². The normalized spacial score (nSPS) is 15.8. The van der Waals surface area contributed by atoms with Gasteiger partial charge >= 0.3 is 6.03 Å². The van der Waals surface area contributed by atoms with Gasteiger partial charge in [0.1, 0.15) is 6.07 Å².